The smallest absolute Gasteiger partial charge is 0.00454 e. The van der Waals surface area contributed by atoms with Crippen molar-refractivity contribution in [3.05, 3.63) is 0 Å². The van der Waals surface area contributed by atoms with Crippen LogP contribution in [0.4, 0.5) is 0 Å². The molecule has 0 aliphatic rings. The number of unbranched alkanes of at least 4 members (excludes halogenated alkanes) is 5. The summed E-state index contributed by atoms with van der Waals surface area (Å²) in [6.45, 7) is 2.25. The van der Waals surface area contributed by atoms with Gasteiger partial charge in [-0.3, -0.25) is 0 Å². The molecule has 1 radical (unpaired) electrons. The van der Waals surface area contributed by atoms with Gasteiger partial charge in [0.15, 0.2) is 0 Å². The number of hydrogen-bond acceptors (Lipinski definition) is 1. The molecular weight excluding hydrogens is 160 g/mol. The highest BCUT2D eigenvalue weighted by Crippen LogP contribution is 2.11. The van der Waals surface area contributed by atoms with Gasteiger partial charge >= 0.3 is 0 Å². The monoisotopic (exact) mass is 177 g/mol. The quantitative estimate of drug-likeness (QED) is 0.415. The van der Waals surface area contributed by atoms with Gasteiger partial charge in [-0.05, 0) is 18.1 Å². The molecular formula is C8H17S2. The van der Waals surface area contributed by atoms with Crippen molar-refractivity contribution in [1.82, 2.24) is 0 Å². The lowest BCUT2D eigenvalue weighted by Crippen LogP contribution is -1.79. The zero-order valence-electron chi connectivity index (χ0n) is 6.77. The Morgan fingerprint density at radius 3 is 2.20 bits per heavy atom. The minimum absolute atomic E-state index is 1.17. The molecule has 0 amide bonds. The van der Waals surface area contributed by atoms with E-state index < -0.39 is 0 Å². The van der Waals surface area contributed by atoms with Crippen molar-refractivity contribution in [1.29, 1.82) is 0 Å². The summed E-state index contributed by atoms with van der Waals surface area (Å²) in [7, 11) is 1.55. The molecule has 0 aromatic heterocycles. The minimum Gasteiger partial charge on any atom is -0.0817 e. The fourth-order valence-electron chi connectivity index (χ4n) is 0.941. The van der Waals surface area contributed by atoms with Crippen LogP contribution in [0.3, 0.4) is 0 Å². The lowest BCUT2D eigenvalue weighted by molar-refractivity contribution is 0.627. The van der Waals surface area contributed by atoms with Crippen LogP contribution in [0.2, 0.25) is 0 Å². The van der Waals surface area contributed by atoms with E-state index in [1.54, 1.807) is 10.8 Å². The van der Waals surface area contributed by atoms with Crippen LogP contribution in [0.25, 0.3) is 0 Å². The van der Waals surface area contributed by atoms with E-state index >= 15 is 0 Å². The fourth-order valence-corrected chi connectivity index (χ4v) is 1.62. The first kappa shape index (κ1) is 10.7. The maximum absolute atomic E-state index is 4.77. The molecule has 0 aromatic rings. The topological polar surface area (TPSA) is 0 Å². The van der Waals surface area contributed by atoms with E-state index in [4.69, 9.17) is 11.7 Å². The van der Waals surface area contributed by atoms with Gasteiger partial charge in [0.1, 0.15) is 0 Å². The van der Waals surface area contributed by atoms with Crippen LogP contribution in [-0.4, -0.2) is 5.75 Å². The van der Waals surface area contributed by atoms with Gasteiger partial charge < -0.3 is 0 Å². The Bertz CT molecular complexity index is 47.2. The Morgan fingerprint density at radius 2 is 1.60 bits per heavy atom. The first-order valence-corrected chi connectivity index (χ1v) is 6.07. The Morgan fingerprint density at radius 1 is 1.00 bits per heavy atom. The molecule has 0 fully saturated rings. The molecule has 0 saturated heterocycles. The molecule has 10 heavy (non-hydrogen) atoms. The highest BCUT2D eigenvalue weighted by Gasteiger charge is 1.88. The summed E-state index contributed by atoms with van der Waals surface area (Å²) in [6.07, 6.45) is 8.26. The summed E-state index contributed by atoms with van der Waals surface area (Å²) in [5.74, 6) is 1.17. The highest BCUT2D eigenvalue weighted by atomic mass is 33.1. The van der Waals surface area contributed by atoms with E-state index in [0.717, 1.165) is 0 Å². The van der Waals surface area contributed by atoms with Gasteiger partial charge in [-0.25, -0.2) is 0 Å². The van der Waals surface area contributed by atoms with Crippen molar-refractivity contribution in [2.75, 3.05) is 5.75 Å². The molecule has 0 aromatic carbocycles. The Hall–Kier alpha value is 0.700. The average molecular weight is 177 g/mol. The summed E-state index contributed by atoms with van der Waals surface area (Å²) >= 11 is 4.77. The molecule has 0 atom stereocenters. The molecule has 0 spiro atoms. The normalized spacial score (nSPS) is 10.2. The highest BCUT2D eigenvalue weighted by molar-refractivity contribution is 8.68. The molecule has 2 heteroatoms. The van der Waals surface area contributed by atoms with Gasteiger partial charge in [0.2, 0.25) is 0 Å². The van der Waals surface area contributed by atoms with E-state index in [-0.39, 0.29) is 0 Å². The van der Waals surface area contributed by atoms with E-state index in [0.29, 0.717) is 0 Å². The second kappa shape index (κ2) is 9.70. The third kappa shape index (κ3) is 8.70. The maximum atomic E-state index is 4.77. The van der Waals surface area contributed by atoms with Gasteiger partial charge in [-0.2, -0.15) is 0 Å². The van der Waals surface area contributed by atoms with E-state index in [9.17, 15) is 0 Å². The van der Waals surface area contributed by atoms with Crippen LogP contribution < -0.4 is 0 Å². The maximum Gasteiger partial charge on any atom is 0.00454 e. The number of hydrogen-bond donors (Lipinski definition) is 0. The third-order valence-electron chi connectivity index (χ3n) is 1.58. The fraction of sp³-hybridized carbons (Fsp3) is 1.00. The molecule has 0 N–H and O–H groups in total. The van der Waals surface area contributed by atoms with Gasteiger partial charge in [-0.15, -0.1) is 0 Å². The summed E-state index contributed by atoms with van der Waals surface area (Å²) in [4.78, 5) is 0. The average Bonchev–Trinajstić information content (AvgIpc) is 1.97. The van der Waals surface area contributed by atoms with Crippen LogP contribution in [0, 0.1) is 0 Å². The second-order valence-corrected chi connectivity index (χ2v) is 3.94. The summed E-state index contributed by atoms with van der Waals surface area (Å²) < 4.78 is 0. The van der Waals surface area contributed by atoms with Gasteiger partial charge in [0, 0.05) is 5.75 Å². The molecule has 0 saturated carbocycles. The lowest BCUT2D eigenvalue weighted by Gasteiger charge is -1.97. The van der Waals surface area contributed by atoms with Gasteiger partial charge in [-0.1, -0.05) is 49.8 Å². The van der Waals surface area contributed by atoms with Crippen LogP contribution in [0.5, 0.6) is 0 Å². The number of rotatable bonds is 7. The van der Waals surface area contributed by atoms with Crippen LogP contribution >= 0.6 is 22.5 Å². The first-order valence-electron chi connectivity index (χ1n) is 4.16. The molecule has 0 heterocycles. The minimum atomic E-state index is 1.17. The Labute approximate surface area is 74.0 Å². The molecule has 0 unspecified atom stereocenters. The summed E-state index contributed by atoms with van der Waals surface area (Å²) in [5, 5.41) is 0. The van der Waals surface area contributed by atoms with Crippen molar-refractivity contribution >= 4 is 22.5 Å². The summed E-state index contributed by atoms with van der Waals surface area (Å²) in [5.41, 5.74) is 0. The standard InChI is InChI=1S/C8H17S2/c1-2-3-4-5-6-7-8-10-9/h2-8H2,1H3. The van der Waals surface area contributed by atoms with E-state index in [2.05, 4.69) is 6.92 Å². The first-order chi connectivity index (χ1) is 4.91. The largest absolute Gasteiger partial charge is 0.0817 e. The predicted molar refractivity (Wildman–Crippen MR) is 53.4 cm³/mol. The zero-order valence-corrected chi connectivity index (χ0v) is 8.40. The molecule has 0 aliphatic carbocycles. The van der Waals surface area contributed by atoms with Crippen molar-refractivity contribution in [2.24, 2.45) is 0 Å². The lowest BCUT2D eigenvalue weighted by atomic mass is 10.1. The predicted octanol–water partition coefficient (Wildman–Crippen LogP) is 4.19. The van der Waals surface area contributed by atoms with Crippen LogP contribution in [-0.2, 0) is 0 Å². The van der Waals surface area contributed by atoms with Gasteiger partial charge in [0.25, 0.3) is 0 Å². The zero-order chi connectivity index (χ0) is 7.66. The van der Waals surface area contributed by atoms with Gasteiger partial charge in [0.05, 0.1) is 0 Å². The molecule has 0 nitrogen and oxygen atoms in total. The molecule has 0 rings (SSSR count). The second-order valence-electron chi connectivity index (χ2n) is 2.59. The van der Waals surface area contributed by atoms with Crippen LogP contribution in [0.15, 0.2) is 0 Å². The summed E-state index contributed by atoms with van der Waals surface area (Å²) in [6, 6.07) is 0. The molecule has 0 aliphatic heterocycles. The molecule has 61 valence electrons. The van der Waals surface area contributed by atoms with Crippen molar-refractivity contribution < 1.29 is 0 Å². The Balaban J connectivity index is 2.65. The van der Waals surface area contributed by atoms with E-state index in [1.165, 1.54) is 44.3 Å². The van der Waals surface area contributed by atoms with E-state index in [1.807, 2.05) is 0 Å². The van der Waals surface area contributed by atoms with Crippen molar-refractivity contribution in [3.63, 3.8) is 0 Å². The van der Waals surface area contributed by atoms with Crippen LogP contribution in [0.1, 0.15) is 45.4 Å². The van der Waals surface area contributed by atoms with Crippen molar-refractivity contribution in [2.45, 2.75) is 45.4 Å². The molecule has 0 bridgehead atoms. The Kier molecular flexibility index (Phi) is 10.4. The van der Waals surface area contributed by atoms with Crippen molar-refractivity contribution in [3.8, 4) is 0 Å². The SMILES string of the molecule is CCCCCCCCS[S]. The third-order valence-corrected chi connectivity index (χ3v) is 2.54.